The van der Waals surface area contributed by atoms with Gasteiger partial charge in [0.2, 0.25) is 0 Å². The number of allylic oxidation sites excluding steroid dienone is 1. The third-order valence-electron chi connectivity index (χ3n) is 2.37. The van der Waals surface area contributed by atoms with E-state index in [1.165, 1.54) is 0 Å². The van der Waals surface area contributed by atoms with Crippen LogP contribution in [0.2, 0.25) is 0 Å². The van der Waals surface area contributed by atoms with Gasteiger partial charge in [-0.05, 0) is 19.3 Å². The fourth-order valence-corrected chi connectivity index (χ4v) is 1.67. The molecule has 0 aromatic carbocycles. The zero-order valence-corrected chi connectivity index (χ0v) is 7.95. The Kier molecular flexibility index (Phi) is 3.29. The Morgan fingerprint density at radius 2 is 2.46 bits per heavy atom. The zero-order chi connectivity index (χ0) is 9.84. The Morgan fingerprint density at radius 3 is 2.92 bits per heavy atom. The molecule has 0 spiro atoms. The topological polar surface area (TPSA) is 79.1 Å². The molecule has 4 heteroatoms. The second-order valence-corrected chi connectivity index (χ2v) is 3.27. The lowest BCUT2D eigenvalue weighted by Crippen LogP contribution is -2.45. The summed E-state index contributed by atoms with van der Waals surface area (Å²) in [5.41, 5.74) is 7.44. The lowest BCUT2D eigenvalue weighted by molar-refractivity contribution is 0.276. The van der Waals surface area contributed by atoms with E-state index >= 15 is 0 Å². The van der Waals surface area contributed by atoms with Gasteiger partial charge in [-0.25, -0.2) is 5.84 Å². The molecule has 13 heavy (non-hydrogen) atoms. The number of nitriles is 1. The molecule has 0 aromatic rings. The van der Waals surface area contributed by atoms with E-state index in [9.17, 15) is 0 Å². The quantitative estimate of drug-likeness (QED) is 0.454. The minimum atomic E-state index is -0.0617. The third-order valence-corrected chi connectivity index (χ3v) is 2.37. The van der Waals surface area contributed by atoms with Crippen molar-refractivity contribution in [3.8, 4) is 6.07 Å². The van der Waals surface area contributed by atoms with Gasteiger partial charge >= 0.3 is 0 Å². The number of hydrogen-bond acceptors (Lipinski definition) is 4. The van der Waals surface area contributed by atoms with Crippen molar-refractivity contribution in [2.24, 2.45) is 11.6 Å². The number of rotatable bonds is 1. The van der Waals surface area contributed by atoms with Crippen molar-refractivity contribution >= 4 is 0 Å². The Morgan fingerprint density at radius 1 is 1.77 bits per heavy atom. The van der Waals surface area contributed by atoms with Gasteiger partial charge in [-0.15, -0.1) is 0 Å². The molecular weight excluding hydrogens is 164 g/mol. The molecule has 0 bridgehead atoms. The summed E-state index contributed by atoms with van der Waals surface area (Å²) < 4.78 is 0. The lowest BCUT2D eigenvalue weighted by atomic mass is 9.98. The molecule has 1 aliphatic heterocycles. The second kappa shape index (κ2) is 4.26. The highest BCUT2D eigenvalue weighted by molar-refractivity contribution is 5.30. The van der Waals surface area contributed by atoms with Gasteiger partial charge in [-0.1, -0.05) is 6.92 Å². The molecule has 1 atom stereocenters. The lowest BCUT2D eigenvalue weighted by Gasteiger charge is -2.32. The first kappa shape index (κ1) is 10.0. The summed E-state index contributed by atoms with van der Waals surface area (Å²) in [6, 6.07) is 2.10. The van der Waals surface area contributed by atoms with Crippen molar-refractivity contribution in [3.05, 3.63) is 11.3 Å². The van der Waals surface area contributed by atoms with E-state index in [0.717, 1.165) is 30.7 Å². The van der Waals surface area contributed by atoms with E-state index in [-0.39, 0.29) is 6.04 Å². The minimum absolute atomic E-state index is 0.0617. The average molecular weight is 180 g/mol. The largest absolute Gasteiger partial charge is 0.323 e. The van der Waals surface area contributed by atoms with Crippen LogP contribution in [0.4, 0.5) is 0 Å². The van der Waals surface area contributed by atoms with Gasteiger partial charge in [-0.3, -0.25) is 0 Å². The van der Waals surface area contributed by atoms with E-state index in [1.54, 1.807) is 5.01 Å². The van der Waals surface area contributed by atoms with Crippen molar-refractivity contribution in [1.29, 1.82) is 5.26 Å². The van der Waals surface area contributed by atoms with Crippen molar-refractivity contribution in [1.82, 2.24) is 5.01 Å². The Balaban J connectivity index is 2.96. The molecule has 1 unspecified atom stereocenters. The first-order valence-corrected chi connectivity index (χ1v) is 4.61. The SMILES string of the molecule is CC/C(C#N)=C1/C(N)CCCN1N. The van der Waals surface area contributed by atoms with Crippen LogP contribution in [-0.4, -0.2) is 17.6 Å². The molecule has 4 nitrogen and oxygen atoms in total. The number of nitrogens with zero attached hydrogens (tertiary/aromatic N) is 2. The molecule has 4 N–H and O–H groups in total. The van der Waals surface area contributed by atoms with Crippen molar-refractivity contribution in [2.45, 2.75) is 32.2 Å². The standard InChI is InChI=1S/C9H16N4/c1-2-7(6-10)9-8(11)4-3-5-13(9)12/h8H,2-5,11-12H2,1H3/b9-7+. The molecule has 72 valence electrons. The van der Waals surface area contributed by atoms with Gasteiger partial charge in [0.05, 0.1) is 17.3 Å². The molecule has 0 amide bonds. The highest BCUT2D eigenvalue weighted by atomic mass is 15.4. The maximum Gasteiger partial charge on any atom is 0.0966 e. The molecule has 0 aromatic heterocycles. The summed E-state index contributed by atoms with van der Waals surface area (Å²) >= 11 is 0. The van der Waals surface area contributed by atoms with E-state index in [2.05, 4.69) is 6.07 Å². The summed E-state index contributed by atoms with van der Waals surface area (Å²) in [7, 11) is 0. The maximum absolute atomic E-state index is 8.87. The van der Waals surface area contributed by atoms with Gasteiger partial charge < -0.3 is 10.7 Å². The molecule has 1 rings (SSSR count). The van der Waals surface area contributed by atoms with Crippen LogP contribution < -0.4 is 11.6 Å². The highest BCUT2D eigenvalue weighted by Gasteiger charge is 2.22. The molecule has 1 saturated heterocycles. The van der Waals surface area contributed by atoms with Crippen molar-refractivity contribution in [3.63, 3.8) is 0 Å². The smallest absolute Gasteiger partial charge is 0.0966 e. The molecule has 0 saturated carbocycles. The summed E-state index contributed by atoms with van der Waals surface area (Å²) in [5, 5.41) is 10.5. The van der Waals surface area contributed by atoms with Gasteiger partial charge in [0.15, 0.2) is 0 Å². The summed E-state index contributed by atoms with van der Waals surface area (Å²) in [6.07, 6.45) is 2.63. The van der Waals surface area contributed by atoms with Crippen LogP contribution in [0, 0.1) is 11.3 Å². The second-order valence-electron chi connectivity index (χ2n) is 3.27. The normalized spacial score (nSPS) is 26.9. The van der Waals surface area contributed by atoms with Crippen LogP contribution >= 0.6 is 0 Å². The van der Waals surface area contributed by atoms with Crippen LogP contribution in [-0.2, 0) is 0 Å². The van der Waals surface area contributed by atoms with Crippen LogP contribution in [0.5, 0.6) is 0 Å². The zero-order valence-electron chi connectivity index (χ0n) is 7.95. The van der Waals surface area contributed by atoms with E-state index in [4.69, 9.17) is 16.8 Å². The Labute approximate surface area is 78.8 Å². The third kappa shape index (κ3) is 2.00. The molecule has 0 aliphatic carbocycles. The Bertz CT molecular complexity index is 239. The maximum atomic E-state index is 8.87. The van der Waals surface area contributed by atoms with Crippen LogP contribution in [0.25, 0.3) is 0 Å². The van der Waals surface area contributed by atoms with Crippen LogP contribution in [0.1, 0.15) is 26.2 Å². The fourth-order valence-electron chi connectivity index (χ4n) is 1.67. The summed E-state index contributed by atoms with van der Waals surface area (Å²) in [5.74, 6) is 5.77. The highest BCUT2D eigenvalue weighted by Crippen LogP contribution is 2.21. The first-order valence-electron chi connectivity index (χ1n) is 4.61. The monoisotopic (exact) mass is 180 g/mol. The van der Waals surface area contributed by atoms with Gasteiger partial charge in [0.1, 0.15) is 0 Å². The van der Waals surface area contributed by atoms with Gasteiger partial charge in [0, 0.05) is 12.6 Å². The fraction of sp³-hybridized carbons (Fsp3) is 0.667. The molecule has 1 aliphatic rings. The molecular formula is C9H16N4. The van der Waals surface area contributed by atoms with E-state index in [0.29, 0.717) is 6.42 Å². The Hall–Kier alpha value is -1.05. The van der Waals surface area contributed by atoms with E-state index in [1.807, 2.05) is 6.92 Å². The minimum Gasteiger partial charge on any atom is -0.323 e. The number of hydrogen-bond donors (Lipinski definition) is 2. The van der Waals surface area contributed by atoms with Crippen molar-refractivity contribution in [2.75, 3.05) is 6.54 Å². The number of hydrazine groups is 1. The predicted octanol–water partition coefficient (Wildman–Crippen LogP) is 0.471. The summed E-state index contributed by atoms with van der Waals surface area (Å²) in [4.78, 5) is 0. The van der Waals surface area contributed by atoms with Gasteiger partial charge in [-0.2, -0.15) is 5.26 Å². The van der Waals surface area contributed by atoms with Crippen LogP contribution in [0.3, 0.4) is 0 Å². The summed E-state index contributed by atoms with van der Waals surface area (Å²) in [6.45, 7) is 2.74. The van der Waals surface area contributed by atoms with Crippen molar-refractivity contribution < 1.29 is 0 Å². The molecule has 1 fully saturated rings. The molecule has 0 radical (unpaired) electrons. The molecule has 1 heterocycles. The number of nitrogens with two attached hydrogens (primary N) is 2. The number of piperidine rings is 1. The van der Waals surface area contributed by atoms with E-state index < -0.39 is 0 Å². The first-order chi connectivity index (χ1) is 6.20. The van der Waals surface area contributed by atoms with Gasteiger partial charge in [0.25, 0.3) is 0 Å². The van der Waals surface area contributed by atoms with Crippen LogP contribution in [0.15, 0.2) is 11.3 Å². The average Bonchev–Trinajstić information content (AvgIpc) is 2.11. The predicted molar refractivity (Wildman–Crippen MR) is 51.0 cm³/mol.